The highest BCUT2D eigenvalue weighted by molar-refractivity contribution is 6.02. The zero-order chi connectivity index (χ0) is 14.8. The van der Waals surface area contributed by atoms with Gasteiger partial charge < -0.3 is 9.80 Å². The second kappa shape index (κ2) is 5.90. The Morgan fingerprint density at radius 1 is 1.14 bits per heavy atom. The molecule has 4 heteroatoms. The molecule has 21 heavy (non-hydrogen) atoms. The Morgan fingerprint density at radius 3 is 2.43 bits per heavy atom. The van der Waals surface area contributed by atoms with Crippen LogP contribution in [0.15, 0.2) is 41.6 Å². The number of benzene rings is 1. The van der Waals surface area contributed by atoms with Crippen LogP contribution < -0.4 is 10.3 Å². The Balaban J connectivity index is 1.74. The number of hydrogen-bond donors (Lipinski definition) is 1. The molecule has 0 saturated carbocycles. The van der Waals surface area contributed by atoms with Crippen molar-refractivity contribution in [2.24, 2.45) is 11.0 Å². The minimum absolute atomic E-state index is 0.424. The quantitative estimate of drug-likeness (QED) is 0.904. The van der Waals surface area contributed by atoms with E-state index in [1.165, 1.54) is 11.3 Å². The van der Waals surface area contributed by atoms with Crippen molar-refractivity contribution in [3.63, 3.8) is 0 Å². The van der Waals surface area contributed by atoms with E-state index < -0.39 is 0 Å². The summed E-state index contributed by atoms with van der Waals surface area (Å²) in [5, 5.41) is 4.46. The summed E-state index contributed by atoms with van der Waals surface area (Å²) in [5.41, 5.74) is 7.68. The molecule has 0 aliphatic carbocycles. The number of piperazine rings is 1. The molecule has 0 radical (unpaired) electrons. The van der Waals surface area contributed by atoms with E-state index in [9.17, 15) is 0 Å². The van der Waals surface area contributed by atoms with Crippen LogP contribution in [0.4, 0.5) is 5.69 Å². The fraction of sp³-hybridized carbons (Fsp3) is 0.471. The van der Waals surface area contributed by atoms with Crippen molar-refractivity contribution in [2.75, 3.05) is 38.1 Å². The highest BCUT2D eigenvalue weighted by Gasteiger charge is 2.19. The maximum absolute atomic E-state index is 4.46. The molecule has 2 heterocycles. The first-order valence-electron chi connectivity index (χ1n) is 7.69. The van der Waals surface area contributed by atoms with Crippen molar-refractivity contribution >= 4 is 11.4 Å². The molecule has 1 fully saturated rings. The number of rotatable bonds is 2. The minimum atomic E-state index is 0.424. The van der Waals surface area contributed by atoms with E-state index in [0.29, 0.717) is 5.92 Å². The molecule has 2 aliphatic heterocycles. The first-order chi connectivity index (χ1) is 10.1. The minimum Gasteiger partial charge on any atom is -0.369 e. The normalized spacial score (nSPS) is 23.7. The maximum Gasteiger partial charge on any atom is 0.0711 e. The third kappa shape index (κ3) is 3.10. The summed E-state index contributed by atoms with van der Waals surface area (Å²) < 4.78 is 0. The number of hydrogen-bond acceptors (Lipinski definition) is 4. The third-order valence-corrected chi connectivity index (χ3v) is 4.39. The number of hydrazone groups is 1. The van der Waals surface area contributed by atoms with Crippen molar-refractivity contribution in [3.05, 3.63) is 42.1 Å². The molecule has 1 saturated heterocycles. The topological polar surface area (TPSA) is 30.9 Å². The van der Waals surface area contributed by atoms with Crippen LogP contribution >= 0.6 is 0 Å². The fourth-order valence-electron chi connectivity index (χ4n) is 3.02. The van der Waals surface area contributed by atoms with E-state index >= 15 is 0 Å². The predicted molar refractivity (Wildman–Crippen MR) is 88.7 cm³/mol. The zero-order valence-electron chi connectivity index (χ0n) is 13.0. The SMILES string of the molecule is C=C1C[C@@H](C)C(c2ccc(N3CCN(C)CC3)cc2)=NN1. The predicted octanol–water partition coefficient (Wildman–Crippen LogP) is 2.29. The van der Waals surface area contributed by atoms with Crippen molar-refractivity contribution in [1.29, 1.82) is 0 Å². The van der Waals surface area contributed by atoms with Crippen LogP contribution in [0, 0.1) is 5.92 Å². The Kier molecular flexibility index (Phi) is 3.97. The molecule has 4 nitrogen and oxygen atoms in total. The van der Waals surface area contributed by atoms with Gasteiger partial charge in [0.05, 0.1) is 5.71 Å². The van der Waals surface area contributed by atoms with E-state index in [-0.39, 0.29) is 0 Å². The van der Waals surface area contributed by atoms with Crippen molar-refractivity contribution in [3.8, 4) is 0 Å². The van der Waals surface area contributed by atoms with Crippen molar-refractivity contribution in [1.82, 2.24) is 10.3 Å². The lowest BCUT2D eigenvalue weighted by Crippen LogP contribution is -2.44. The average molecular weight is 284 g/mol. The van der Waals surface area contributed by atoms with Crippen LogP contribution in [0.25, 0.3) is 0 Å². The van der Waals surface area contributed by atoms with Gasteiger partial charge in [-0.05, 0) is 31.2 Å². The van der Waals surface area contributed by atoms with Crippen LogP contribution in [0.5, 0.6) is 0 Å². The number of nitrogens with zero attached hydrogens (tertiary/aromatic N) is 3. The van der Waals surface area contributed by atoms with Crippen LogP contribution in [0.1, 0.15) is 18.9 Å². The van der Waals surface area contributed by atoms with Crippen LogP contribution in [0.2, 0.25) is 0 Å². The maximum atomic E-state index is 4.46. The molecular formula is C17H24N4. The molecule has 1 aromatic carbocycles. The second-order valence-electron chi connectivity index (χ2n) is 6.15. The lowest BCUT2D eigenvalue weighted by atomic mass is 9.93. The van der Waals surface area contributed by atoms with Crippen LogP contribution in [-0.4, -0.2) is 43.8 Å². The lowest BCUT2D eigenvalue weighted by molar-refractivity contribution is 0.313. The van der Waals surface area contributed by atoms with E-state index in [0.717, 1.165) is 44.0 Å². The number of anilines is 1. The third-order valence-electron chi connectivity index (χ3n) is 4.39. The van der Waals surface area contributed by atoms with E-state index in [4.69, 9.17) is 0 Å². The summed E-state index contributed by atoms with van der Waals surface area (Å²) in [5.74, 6) is 0.424. The van der Waals surface area contributed by atoms with Crippen molar-refractivity contribution in [2.45, 2.75) is 13.3 Å². The summed E-state index contributed by atoms with van der Waals surface area (Å²) in [7, 11) is 2.18. The summed E-state index contributed by atoms with van der Waals surface area (Å²) in [6, 6.07) is 8.83. The molecule has 0 amide bonds. The van der Waals surface area contributed by atoms with Gasteiger partial charge in [-0.3, -0.25) is 5.43 Å². The van der Waals surface area contributed by atoms with Gasteiger partial charge in [0.1, 0.15) is 0 Å². The Hall–Kier alpha value is -1.81. The molecule has 1 N–H and O–H groups in total. The second-order valence-corrected chi connectivity index (χ2v) is 6.15. The fourth-order valence-corrected chi connectivity index (χ4v) is 3.02. The highest BCUT2D eigenvalue weighted by atomic mass is 15.3. The Labute approximate surface area is 127 Å². The Morgan fingerprint density at radius 2 is 1.81 bits per heavy atom. The van der Waals surface area contributed by atoms with Gasteiger partial charge in [-0.15, -0.1) is 0 Å². The first kappa shape index (κ1) is 14.1. The average Bonchev–Trinajstić information content (AvgIpc) is 2.48. The molecule has 2 aliphatic rings. The monoisotopic (exact) mass is 284 g/mol. The molecular weight excluding hydrogens is 260 g/mol. The molecule has 0 spiro atoms. The summed E-state index contributed by atoms with van der Waals surface area (Å²) in [6.45, 7) is 10.6. The summed E-state index contributed by atoms with van der Waals surface area (Å²) >= 11 is 0. The van der Waals surface area contributed by atoms with E-state index in [1.54, 1.807) is 0 Å². The largest absolute Gasteiger partial charge is 0.369 e. The zero-order valence-corrected chi connectivity index (χ0v) is 13.0. The molecule has 1 atom stereocenters. The van der Waals surface area contributed by atoms with Gasteiger partial charge in [0.2, 0.25) is 0 Å². The van der Waals surface area contributed by atoms with E-state index in [1.807, 2.05) is 0 Å². The van der Waals surface area contributed by atoms with Gasteiger partial charge in [0.15, 0.2) is 0 Å². The molecule has 3 rings (SSSR count). The van der Waals surface area contributed by atoms with Gasteiger partial charge in [0, 0.05) is 43.5 Å². The van der Waals surface area contributed by atoms with Gasteiger partial charge in [-0.2, -0.15) is 5.10 Å². The lowest BCUT2D eigenvalue weighted by Gasteiger charge is -2.34. The molecule has 0 unspecified atom stereocenters. The van der Waals surface area contributed by atoms with Crippen LogP contribution in [-0.2, 0) is 0 Å². The summed E-state index contributed by atoms with van der Waals surface area (Å²) in [4.78, 5) is 4.83. The number of allylic oxidation sites excluding steroid dienone is 1. The van der Waals surface area contributed by atoms with E-state index in [2.05, 4.69) is 65.1 Å². The first-order valence-corrected chi connectivity index (χ1v) is 7.69. The number of nitrogens with one attached hydrogen (secondary N) is 1. The van der Waals surface area contributed by atoms with Gasteiger partial charge in [-0.1, -0.05) is 25.6 Å². The standard InChI is InChI=1S/C17H24N4/c1-13-12-14(2)18-19-17(13)15-4-6-16(7-5-15)21-10-8-20(3)9-11-21/h4-7,13,18H,2,8-12H2,1,3H3/t13-/m1/s1. The molecule has 0 bridgehead atoms. The van der Waals surface area contributed by atoms with Gasteiger partial charge in [-0.25, -0.2) is 0 Å². The highest BCUT2D eigenvalue weighted by Crippen LogP contribution is 2.22. The number of likely N-dealkylation sites (N-methyl/N-ethyl adjacent to an activating group) is 1. The van der Waals surface area contributed by atoms with Crippen molar-refractivity contribution < 1.29 is 0 Å². The smallest absolute Gasteiger partial charge is 0.0711 e. The van der Waals surface area contributed by atoms with Gasteiger partial charge in [0.25, 0.3) is 0 Å². The molecule has 1 aromatic rings. The van der Waals surface area contributed by atoms with Gasteiger partial charge >= 0.3 is 0 Å². The molecule has 0 aromatic heterocycles. The Bertz CT molecular complexity index is 538. The molecule has 112 valence electrons. The van der Waals surface area contributed by atoms with Crippen LogP contribution in [0.3, 0.4) is 0 Å². The summed E-state index contributed by atoms with van der Waals surface area (Å²) in [6.07, 6.45) is 0.957.